The lowest BCUT2D eigenvalue weighted by Gasteiger charge is -2.39. The number of anilines is 1. The monoisotopic (exact) mass is 375 g/mol. The van der Waals surface area contributed by atoms with Crippen molar-refractivity contribution in [1.82, 2.24) is 9.80 Å². The van der Waals surface area contributed by atoms with Crippen LogP contribution in [-0.2, 0) is 9.59 Å². The van der Waals surface area contributed by atoms with Crippen LogP contribution in [0.15, 0.2) is 24.3 Å². The number of hydrogen-bond acceptors (Lipinski definition) is 5. The van der Waals surface area contributed by atoms with Crippen LogP contribution in [-0.4, -0.2) is 71.6 Å². The highest BCUT2D eigenvalue weighted by molar-refractivity contribution is 8.01. The minimum absolute atomic E-state index is 0.113. The first kappa shape index (κ1) is 17.5. The van der Waals surface area contributed by atoms with Crippen LogP contribution in [0, 0.1) is 0 Å². The molecule has 0 aliphatic carbocycles. The second kappa shape index (κ2) is 6.68. The minimum Gasteiger partial charge on any atom is -0.497 e. The molecule has 0 aromatic heterocycles. The highest BCUT2D eigenvalue weighted by atomic mass is 32.2. The van der Waals surface area contributed by atoms with Crippen molar-refractivity contribution < 1.29 is 14.3 Å². The maximum Gasteiger partial charge on any atom is 0.246 e. The fourth-order valence-electron chi connectivity index (χ4n) is 4.21. The first-order valence-corrected chi connectivity index (χ1v) is 10.1. The number of nitrogens with zero attached hydrogens (tertiary/aromatic N) is 3. The third kappa shape index (κ3) is 2.92. The predicted octanol–water partition coefficient (Wildman–Crippen LogP) is 1.80. The molecule has 3 fully saturated rings. The second-order valence-electron chi connectivity index (χ2n) is 7.28. The Bertz CT molecular complexity index is 720. The van der Waals surface area contributed by atoms with Crippen LogP contribution in [0.5, 0.6) is 5.75 Å². The van der Waals surface area contributed by atoms with Gasteiger partial charge in [0, 0.05) is 50.1 Å². The van der Waals surface area contributed by atoms with Crippen molar-refractivity contribution in [2.24, 2.45) is 0 Å². The van der Waals surface area contributed by atoms with Crippen molar-refractivity contribution in [3.8, 4) is 5.75 Å². The predicted molar refractivity (Wildman–Crippen MR) is 103 cm³/mol. The summed E-state index contributed by atoms with van der Waals surface area (Å²) in [4.78, 5) is 31.2. The summed E-state index contributed by atoms with van der Waals surface area (Å²) in [7, 11) is 1.67. The van der Waals surface area contributed by atoms with E-state index >= 15 is 0 Å². The van der Waals surface area contributed by atoms with E-state index < -0.39 is 0 Å². The summed E-state index contributed by atoms with van der Waals surface area (Å²) in [6.07, 6.45) is 1.42. The Hall–Kier alpha value is -1.89. The van der Waals surface area contributed by atoms with Gasteiger partial charge in [-0.2, -0.15) is 0 Å². The van der Waals surface area contributed by atoms with Crippen molar-refractivity contribution in [2.45, 2.75) is 30.7 Å². The van der Waals surface area contributed by atoms with Crippen molar-refractivity contribution >= 4 is 29.3 Å². The molecule has 26 heavy (non-hydrogen) atoms. The second-order valence-corrected chi connectivity index (χ2v) is 8.78. The molecule has 0 bridgehead atoms. The molecular formula is C19H25N3O3S. The number of ether oxygens (including phenoxy) is 1. The van der Waals surface area contributed by atoms with Gasteiger partial charge in [0.2, 0.25) is 11.8 Å². The van der Waals surface area contributed by atoms with E-state index in [1.807, 2.05) is 28.0 Å². The van der Waals surface area contributed by atoms with Gasteiger partial charge in [0.1, 0.15) is 11.8 Å². The highest BCUT2D eigenvalue weighted by Gasteiger charge is 2.53. The van der Waals surface area contributed by atoms with Crippen LogP contribution in [0.1, 0.15) is 19.8 Å². The molecule has 140 valence electrons. The Labute approximate surface area is 158 Å². The van der Waals surface area contributed by atoms with E-state index in [4.69, 9.17) is 4.74 Å². The Balaban J connectivity index is 1.40. The van der Waals surface area contributed by atoms with E-state index in [0.717, 1.165) is 36.7 Å². The number of amides is 2. The van der Waals surface area contributed by atoms with Crippen molar-refractivity contribution in [3.05, 3.63) is 24.3 Å². The number of carbonyl (C=O) groups excluding carboxylic acids is 2. The molecule has 0 saturated carbocycles. The number of methoxy groups -OCH3 is 1. The number of hydrogen-bond donors (Lipinski definition) is 0. The van der Waals surface area contributed by atoms with Gasteiger partial charge in [-0.1, -0.05) is 6.07 Å². The molecule has 2 amide bonds. The fourth-order valence-corrected chi connectivity index (χ4v) is 5.63. The lowest BCUT2D eigenvalue weighted by molar-refractivity contribution is -0.143. The van der Waals surface area contributed by atoms with Crippen LogP contribution in [0.3, 0.4) is 0 Å². The van der Waals surface area contributed by atoms with Crippen LogP contribution < -0.4 is 9.64 Å². The standard InChI is InChI=1S/C19H25N3O3S/c1-19-7-6-17(23)22(19)16(13-26-19)18(24)21-10-8-20(9-11-21)14-4-3-5-15(12-14)25-2/h3-5,12,16H,6-11,13H2,1-2H3/t16-,19-/m1/s1. The summed E-state index contributed by atoms with van der Waals surface area (Å²) < 4.78 is 5.30. The summed E-state index contributed by atoms with van der Waals surface area (Å²) >= 11 is 1.75. The highest BCUT2D eigenvalue weighted by Crippen LogP contribution is 2.47. The van der Waals surface area contributed by atoms with Gasteiger partial charge in [0.05, 0.1) is 12.0 Å². The van der Waals surface area contributed by atoms with Gasteiger partial charge in [-0.15, -0.1) is 11.8 Å². The SMILES string of the molecule is COc1cccc(N2CCN(C(=O)[C@H]3CS[C@]4(C)CCC(=O)N34)CC2)c1. The number of piperazine rings is 1. The molecule has 7 heteroatoms. The molecule has 0 N–H and O–H groups in total. The zero-order valence-electron chi connectivity index (χ0n) is 15.3. The van der Waals surface area contributed by atoms with Crippen LogP contribution >= 0.6 is 11.8 Å². The van der Waals surface area contributed by atoms with Crippen molar-refractivity contribution in [1.29, 1.82) is 0 Å². The maximum atomic E-state index is 13.1. The minimum atomic E-state index is -0.289. The zero-order chi connectivity index (χ0) is 18.3. The van der Waals surface area contributed by atoms with E-state index in [1.54, 1.807) is 18.9 Å². The molecule has 3 aliphatic heterocycles. The normalized spacial score (nSPS) is 28.5. The Morgan fingerprint density at radius 3 is 2.77 bits per heavy atom. The molecular weight excluding hydrogens is 350 g/mol. The molecule has 2 atom stereocenters. The Morgan fingerprint density at radius 1 is 1.27 bits per heavy atom. The molecule has 0 unspecified atom stereocenters. The van der Waals surface area contributed by atoms with E-state index in [1.165, 1.54) is 0 Å². The summed E-state index contributed by atoms with van der Waals surface area (Å²) in [6, 6.07) is 7.73. The van der Waals surface area contributed by atoms with Crippen LogP contribution in [0.2, 0.25) is 0 Å². The third-order valence-electron chi connectivity index (χ3n) is 5.74. The Kier molecular flexibility index (Phi) is 4.50. The average molecular weight is 375 g/mol. The summed E-state index contributed by atoms with van der Waals surface area (Å²) in [5.41, 5.74) is 1.12. The third-order valence-corrected chi connectivity index (χ3v) is 7.24. The number of benzene rings is 1. The smallest absolute Gasteiger partial charge is 0.246 e. The zero-order valence-corrected chi connectivity index (χ0v) is 16.1. The molecule has 6 nitrogen and oxygen atoms in total. The van der Waals surface area contributed by atoms with E-state index in [-0.39, 0.29) is 22.7 Å². The van der Waals surface area contributed by atoms with Gasteiger partial charge in [-0.05, 0) is 25.5 Å². The number of rotatable bonds is 3. The van der Waals surface area contributed by atoms with Gasteiger partial charge in [-0.25, -0.2) is 0 Å². The maximum absolute atomic E-state index is 13.1. The van der Waals surface area contributed by atoms with Gasteiger partial charge in [0.15, 0.2) is 0 Å². The first-order valence-electron chi connectivity index (χ1n) is 9.16. The molecule has 1 aromatic carbocycles. The van der Waals surface area contributed by atoms with Gasteiger partial charge < -0.3 is 19.4 Å². The summed E-state index contributed by atoms with van der Waals surface area (Å²) in [6.45, 7) is 5.07. The molecule has 3 heterocycles. The summed E-state index contributed by atoms with van der Waals surface area (Å²) in [5, 5.41) is 0. The fraction of sp³-hybridized carbons (Fsp3) is 0.579. The molecule has 4 rings (SSSR count). The molecule has 0 spiro atoms. The molecule has 1 aromatic rings. The summed E-state index contributed by atoms with van der Waals surface area (Å²) in [5.74, 6) is 1.81. The van der Waals surface area contributed by atoms with Crippen LogP contribution in [0.4, 0.5) is 5.69 Å². The quantitative estimate of drug-likeness (QED) is 0.806. The number of thioether (sulfide) groups is 1. The Morgan fingerprint density at radius 2 is 2.04 bits per heavy atom. The van der Waals surface area contributed by atoms with Crippen LogP contribution in [0.25, 0.3) is 0 Å². The topological polar surface area (TPSA) is 53.1 Å². The number of carbonyl (C=O) groups is 2. The van der Waals surface area contributed by atoms with Gasteiger partial charge >= 0.3 is 0 Å². The van der Waals surface area contributed by atoms with E-state index in [2.05, 4.69) is 17.9 Å². The van der Waals surface area contributed by atoms with E-state index in [9.17, 15) is 9.59 Å². The average Bonchev–Trinajstić information content (AvgIpc) is 3.17. The number of fused-ring (bicyclic) bond motifs is 1. The van der Waals surface area contributed by atoms with Gasteiger partial charge in [-0.3, -0.25) is 9.59 Å². The molecule has 3 saturated heterocycles. The largest absolute Gasteiger partial charge is 0.497 e. The van der Waals surface area contributed by atoms with E-state index in [0.29, 0.717) is 19.5 Å². The molecule has 3 aliphatic rings. The lowest BCUT2D eigenvalue weighted by Crippen LogP contribution is -2.56. The van der Waals surface area contributed by atoms with Crippen molar-refractivity contribution in [2.75, 3.05) is 43.9 Å². The lowest BCUT2D eigenvalue weighted by atomic mass is 10.1. The van der Waals surface area contributed by atoms with Gasteiger partial charge in [0.25, 0.3) is 0 Å². The molecule has 0 radical (unpaired) electrons. The first-order chi connectivity index (χ1) is 12.5. The van der Waals surface area contributed by atoms with Crippen molar-refractivity contribution in [3.63, 3.8) is 0 Å².